The first-order valence-electron chi connectivity index (χ1n) is 15.5. The molecule has 48 heavy (non-hydrogen) atoms. The Morgan fingerprint density at radius 2 is 1.90 bits per heavy atom. The molecule has 6 rings (SSSR count). The van der Waals surface area contributed by atoms with Crippen LogP contribution in [0.1, 0.15) is 57.5 Å². The molecule has 3 aromatic carbocycles. The Balaban J connectivity index is 1.47. The van der Waals surface area contributed by atoms with Crippen molar-refractivity contribution in [2.75, 3.05) is 18.1 Å². The van der Waals surface area contributed by atoms with E-state index in [2.05, 4.69) is 11.6 Å². The molecule has 2 atom stereocenters. The molecule has 0 bridgehead atoms. The van der Waals surface area contributed by atoms with Gasteiger partial charge in [-0.3, -0.25) is 14.5 Å². The second kappa shape index (κ2) is 13.7. The summed E-state index contributed by atoms with van der Waals surface area (Å²) in [6.07, 6.45) is 2.06. The zero-order chi connectivity index (χ0) is 33.9. The number of benzene rings is 3. The minimum atomic E-state index is -1.11. The van der Waals surface area contributed by atoms with Crippen LogP contribution in [-0.2, 0) is 27.4 Å². The van der Waals surface area contributed by atoms with E-state index in [4.69, 9.17) is 18.9 Å². The topological polar surface area (TPSA) is 124 Å². The Kier molecular flexibility index (Phi) is 9.31. The summed E-state index contributed by atoms with van der Waals surface area (Å²) in [7, 11) is 0. The van der Waals surface area contributed by atoms with Gasteiger partial charge in [-0.2, -0.15) is 0 Å². The number of ketones is 1. The molecule has 11 heteroatoms. The summed E-state index contributed by atoms with van der Waals surface area (Å²) in [4.78, 5) is 46.4. The normalized spacial score (nSPS) is 17.9. The third-order valence-corrected chi connectivity index (χ3v) is 9.08. The molecule has 0 spiro atoms. The van der Waals surface area contributed by atoms with E-state index in [1.807, 2.05) is 44.2 Å². The number of hydrogen-bond acceptors (Lipinski definition) is 10. The van der Waals surface area contributed by atoms with Crippen LogP contribution in [0.5, 0.6) is 17.2 Å². The number of thiazole rings is 1. The first kappa shape index (κ1) is 32.5. The number of ether oxygens (including phenoxy) is 4. The fraction of sp³-hybridized carbons (Fsp3) is 0.243. The predicted octanol–water partition coefficient (Wildman–Crippen LogP) is 6.72. The molecule has 246 valence electrons. The van der Waals surface area contributed by atoms with Crippen molar-refractivity contribution < 1.29 is 38.4 Å². The van der Waals surface area contributed by atoms with E-state index in [1.54, 1.807) is 43.3 Å². The second-order valence-electron chi connectivity index (χ2n) is 11.3. The maximum absolute atomic E-state index is 13.9. The molecular weight excluding hydrogens is 632 g/mol. The van der Waals surface area contributed by atoms with Crippen LogP contribution in [0.3, 0.4) is 0 Å². The lowest BCUT2D eigenvalue weighted by Gasteiger charge is -2.24. The van der Waals surface area contributed by atoms with Crippen molar-refractivity contribution in [3.8, 4) is 17.2 Å². The van der Waals surface area contributed by atoms with E-state index >= 15 is 0 Å². The van der Waals surface area contributed by atoms with E-state index in [9.17, 15) is 19.5 Å². The predicted molar refractivity (Wildman–Crippen MR) is 181 cm³/mol. The van der Waals surface area contributed by atoms with E-state index in [-0.39, 0.29) is 34.1 Å². The number of Topliss-reactive ketones (excluding diaryl/α,β-unsaturated/α-hetero) is 1. The van der Waals surface area contributed by atoms with Crippen molar-refractivity contribution in [2.24, 2.45) is 0 Å². The van der Waals surface area contributed by atoms with Gasteiger partial charge in [0.1, 0.15) is 35.7 Å². The molecule has 0 unspecified atom stereocenters. The third kappa shape index (κ3) is 6.28. The van der Waals surface area contributed by atoms with Crippen molar-refractivity contribution in [3.63, 3.8) is 0 Å². The fourth-order valence-electron chi connectivity index (χ4n) is 5.76. The molecule has 2 aliphatic rings. The molecular formula is C37H34N2O8S. The Labute approximate surface area is 281 Å². The third-order valence-electron chi connectivity index (χ3n) is 7.94. The molecule has 0 aliphatic carbocycles. The number of rotatable bonds is 11. The van der Waals surface area contributed by atoms with Crippen molar-refractivity contribution in [3.05, 3.63) is 118 Å². The molecule has 3 heterocycles. The van der Waals surface area contributed by atoms with Crippen LogP contribution < -0.4 is 19.1 Å². The number of aryl methyl sites for hydroxylation is 1. The molecule has 0 saturated carbocycles. The van der Waals surface area contributed by atoms with Crippen LogP contribution in [0.15, 0.2) is 85.0 Å². The molecule has 4 aromatic rings. The van der Waals surface area contributed by atoms with E-state index in [1.165, 1.54) is 11.0 Å². The number of aliphatic hydroxyl groups excluding tert-OH is 1. The minimum absolute atomic E-state index is 0.000482. The highest BCUT2D eigenvalue weighted by Crippen LogP contribution is 2.46. The average Bonchev–Trinajstić information content (AvgIpc) is 3.74. The van der Waals surface area contributed by atoms with Crippen LogP contribution in [0.25, 0.3) is 5.76 Å². The molecule has 1 amide bonds. The van der Waals surface area contributed by atoms with Gasteiger partial charge >= 0.3 is 11.9 Å². The van der Waals surface area contributed by atoms with Gasteiger partial charge in [-0.1, -0.05) is 60.4 Å². The van der Waals surface area contributed by atoms with Crippen molar-refractivity contribution in [2.45, 2.75) is 45.9 Å². The lowest BCUT2D eigenvalue weighted by molar-refractivity contribution is -0.132. The quantitative estimate of drug-likeness (QED) is 0.0611. The highest BCUT2D eigenvalue weighted by Gasteiger charge is 2.49. The number of aliphatic hydroxyl groups is 1. The molecule has 1 saturated heterocycles. The summed E-state index contributed by atoms with van der Waals surface area (Å²) >= 11 is 0.925. The van der Waals surface area contributed by atoms with Gasteiger partial charge in [-0.25, -0.2) is 9.78 Å². The standard InChI is InChI=1S/C37H34N2O8S/c1-5-16-45-36(43)34-22(4)38-37(48-34)39-31(24-12-15-28(29(19-24)44-6-2)46-20-23-10-8-7-9-11-23)30(33(41)35(39)42)32(40)25-13-14-27-26(18-25)17-21(3)47-27/h5,7-15,18-19,21,31,40H,1,6,16-17,20H2,2-4H3/b32-30+/t21-,31-/m1/s1. The molecule has 1 aromatic heterocycles. The SMILES string of the molecule is C=CCOC(=O)c1sc(N2C(=O)C(=O)/C(=C(/O)c3ccc4c(c3)C[C@@H](C)O4)[C@H]2c2ccc(OCc3ccccc3)c(OCC)c2)nc1C. The smallest absolute Gasteiger partial charge is 0.350 e. The number of nitrogens with zero attached hydrogens (tertiary/aromatic N) is 2. The highest BCUT2D eigenvalue weighted by atomic mass is 32.1. The van der Waals surface area contributed by atoms with Gasteiger partial charge in [0.25, 0.3) is 5.78 Å². The summed E-state index contributed by atoms with van der Waals surface area (Å²) in [5.74, 6) is -1.20. The Morgan fingerprint density at radius 3 is 2.65 bits per heavy atom. The van der Waals surface area contributed by atoms with Crippen LogP contribution >= 0.6 is 11.3 Å². The van der Waals surface area contributed by atoms with Crippen LogP contribution in [0.2, 0.25) is 0 Å². The largest absolute Gasteiger partial charge is 0.507 e. The summed E-state index contributed by atoms with van der Waals surface area (Å²) in [5, 5.41) is 11.9. The molecule has 2 aliphatic heterocycles. The number of amides is 1. The number of carbonyl (C=O) groups is 3. The minimum Gasteiger partial charge on any atom is -0.507 e. The zero-order valence-corrected chi connectivity index (χ0v) is 27.5. The molecule has 10 nitrogen and oxygen atoms in total. The van der Waals surface area contributed by atoms with Crippen molar-refractivity contribution in [1.29, 1.82) is 0 Å². The van der Waals surface area contributed by atoms with Gasteiger partial charge in [-0.15, -0.1) is 0 Å². The van der Waals surface area contributed by atoms with Gasteiger partial charge in [0.05, 0.1) is 23.9 Å². The average molecular weight is 667 g/mol. The maximum Gasteiger partial charge on any atom is 0.350 e. The van der Waals surface area contributed by atoms with Gasteiger partial charge in [0, 0.05) is 12.0 Å². The summed E-state index contributed by atoms with van der Waals surface area (Å²) in [6.45, 7) is 9.59. The number of esters is 1. The lowest BCUT2D eigenvalue weighted by Crippen LogP contribution is -2.29. The zero-order valence-electron chi connectivity index (χ0n) is 26.7. The van der Waals surface area contributed by atoms with E-state index in [0.717, 1.165) is 22.5 Å². The maximum atomic E-state index is 13.9. The van der Waals surface area contributed by atoms with E-state index in [0.29, 0.717) is 53.7 Å². The molecule has 1 fully saturated rings. The number of aromatic nitrogens is 1. The summed E-state index contributed by atoms with van der Waals surface area (Å²) in [5.41, 5.74) is 2.88. The number of hydrogen-bond donors (Lipinski definition) is 1. The molecule has 1 N–H and O–H groups in total. The second-order valence-corrected chi connectivity index (χ2v) is 12.3. The molecule has 0 radical (unpaired) electrons. The number of carbonyl (C=O) groups excluding carboxylic acids is 3. The fourth-order valence-corrected chi connectivity index (χ4v) is 6.75. The van der Waals surface area contributed by atoms with Crippen molar-refractivity contribution in [1.82, 2.24) is 4.98 Å². The summed E-state index contributed by atoms with van der Waals surface area (Å²) in [6, 6.07) is 18.9. The van der Waals surface area contributed by atoms with Gasteiger partial charge in [-0.05, 0) is 67.8 Å². The Bertz CT molecular complexity index is 1930. The van der Waals surface area contributed by atoms with Gasteiger partial charge < -0.3 is 24.1 Å². The van der Waals surface area contributed by atoms with Gasteiger partial charge in [0.2, 0.25) is 0 Å². The van der Waals surface area contributed by atoms with Crippen LogP contribution in [0, 0.1) is 6.92 Å². The number of anilines is 1. The Morgan fingerprint density at radius 1 is 1.10 bits per heavy atom. The summed E-state index contributed by atoms with van der Waals surface area (Å²) < 4.78 is 23.1. The monoisotopic (exact) mass is 666 g/mol. The lowest BCUT2D eigenvalue weighted by atomic mass is 9.94. The first-order chi connectivity index (χ1) is 23.2. The first-order valence-corrected chi connectivity index (χ1v) is 16.3. The van der Waals surface area contributed by atoms with Gasteiger partial charge in [0.15, 0.2) is 16.6 Å². The van der Waals surface area contributed by atoms with Crippen molar-refractivity contribution >= 4 is 39.9 Å². The van der Waals surface area contributed by atoms with Crippen LogP contribution in [0.4, 0.5) is 5.13 Å². The highest BCUT2D eigenvalue weighted by molar-refractivity contribution is 7.17. The van der Waals surface area contributed by atoms with E-state index < -0.39 is 23.7 Å². The Hall–Kier alpha value is -5.42. The number of fused-ring (bicyclic) bond motifs is 1. The van der Waals surface area contributed by atoms with Crippen LogP contribution in [-0.4, -0.2) is 47.1 Å².